The van der Waals surface area contributed by atoms with Crippen molar-refractivity contribution in [1.82, 2.24) is 10.2 Å². The van der Waals surface area contributed by atoms with Crippen molar-refractivity contribution in [3.63, 3.8) is 0 Å². The first-order chi connectivity index (χ1) is 13.5. The summed E-state index contributed by atoms with van der Waals surface area (Å²) in [6.07, 6.45) is 0. The smallest absolute Gasteiger partial charge is 0.339 e. The first kappa shape index (κ1) is 24.1. The van der Waals surface area contributed by atoms with E-state index >= 15 is 0 Å². The van der Waals surface area contributed by atoms with Gasteiger partial charge < -0.3 is 20.1 Å². The molecule has 0 saturated heterocycles. The van der Waals surface area contributed by atoms with Gasteiger partial charge in [-0.1, -0.05) is 6.92 Å². The van der Waals surface area contributed by atoms with E-state index in [0.29, 0.717) is 6.54 Å². The van der Waals surface area contributed by atoms with Gasteiger partial charge >= 0.3 is 11.9 Å². The molecular formula is C20H29N3O6. The van der Waals surface area contributed by atoms with Crippen molar-refractivity contribution in [3.05, 3.63) is 29.3 Å². The molecule has 0 heterocycles. The highest BCUT2D eigenvalue weighted by Crippen LogP contribution is 2.20. The monoisotopic (exact) mass is 407 g/mol. The highest BCUT2D eigenvalue weighted by molar-refractivity contribution is 6.04. The Bertz CT molecular complexity index is 770. The Labute approximate surface area is 170 Å². The summed E-state index contributed by atoms with van der Waals surface area (Å²) in [5.74, 6) is -1.91. The molecule has 0 aliphatic rings. The lowest BCUT2D eigenvalue weighted by atomic mass is 10.1. The Kier molecular flexibility index (Phi) is 8.78. The number of ether oxygens (including phenoxy) is 2. The van der Waals surface area contributed by atoms with Gasteiger partial charge in [0.1, 0.15) is 0 Å². The number of methoxy groups -OCH3 is 2. The molecule has 0 aromatic heterocycles. The van der Waals surface area contributed by atoms with Crippen molar-refractivity contribution in [1.29, 1.82) is 0 Å². The summed E-state index contributed by atoms with van der Waals surface area (Å²) in [5.41, 5.74) is 0.0250. The second-order valence-electron chi connectivity index (χ2n) is 7.39. The van der Waals surface area contributed by atoms with Crippen LogP contribution in [0.25, 0.3) is 0 Å². The topological polar surface area (TPSA) is 114 Å². The van der Waals surface area contributed by atoms with E-state index in [4.69, 9.17) is 4.74 Å². The number of anilines is 1. The maximum Gasteiger partial charge on any atom is 0.339 e. The summed E-state index contributed by atoms with van der Waals surface area (Å²) in [6, 6.07) is 4.13. The first-order valence-corrected chi connectivity index (χ1v) is 9.14. The van der Waals surface area contributed by atoms with Crippen molar-refractivity contribution >= 4 is 29.4 Å². The van der Waals surface area contributed by atoms with E-state index in [1.807, 2.05) is 27.7 Å². The molecule has 0 unspecified atom stereocenters. The Balaban J connectivity index is 2.94. The molecule has 1 aromatic carbocycles. The molecule has 29 heavy (non-hydrogen) atoms. The van der Waals surface area contributed by atoms with Crippen molar-refractivity contribution in [3.8, 4) is 0 Å². The summed E-state index contributed by atoms with van der Waals surface area (Å²) in [5, 5.41) is 5.45. The average molecular weight is 407 g/mol. The van der Waals surface area contributed by atoms with Crippen LogP contribution < -0.4 is 10.6 Å². The molecule has 1 rings (SSSR count). The molecule has 2 amide bonds. The van der Waals surface area contributed by atoms with Gasteiger partial charge in [-0.3, -0.25) is 14.5 Å². The Morgan fingerprint density at radius 3 is 2.07 bits per heavy atom. The van der Waals surface area contributed by atoms with Gasteiger partial charge in [-0.25, -0.2) is 9.59 Å². The predicted octanol–water partition coefficient (Wildman–Crippen LogP) is 1.43. The number of nitrogens with zero attached hydrogens (tertiary/aromatic N) is 1. The Morgan fingerprint density at radius 2 is 1.55 bits per heavy atom. The van der Waals surface area contributed by atoms with Crippen LogP contribution in [-0.2, 0) is 19.1 Å². The molecule has 0 saturated carbocycles. The number of carbonyl (C=O) groups is 4. The molecule has 0 atom stereocenters. The van der Waals surface area contributed by atoms with Crippen LogP contribution in [0.2, 0.25) is 0 Å². The predicted molar refractivity (Wildman–Crippen MR) is 108 cm³/mol. The molecular weight excluding hydrogens is 378 g/mol. The third-order valence-electron chi connectivity index (χ3n) is 3.82. The third-order valence-corrected chi connectivity index (χ3v) is 3.82. The third kappa shape index (κ3) is 7.90. The second-order valence-corrected chi connectivity index (χ2v) is 7.39. The number of benzene rings is 1. The van der Waals surface area contributed by atoms with Crippen LogP contribution in [0.15, 0.2) is 18.2 Å². The number of amides is 2. The minimum Gasteiger partial charge on any atom is -0.465 e. The van der Waals surface area contributed by atoms with Gasteiger partial charge in [0.05, 0.1) is 44.1 Å². The summed E-state index contributed by atoms with van der Waals surface area (Å²) in [6.45, 7) is 7.89. The SMILES string of the molecule is CCN(CC(=O)Nc1cc(C(=O)OC)ccc1C(=O)OC)CC(=O)NC(C)(C)C. The van der Waals surface area contributed by atoms with Crippen LogP contribution in [-0.4, -0.2) is 68.0 Å². The van der Waals surface area contributed by atoms with Crippen molar-refractivity contribution < 1.29 is 28.7 Å². The van der Waals surface area contributed by atoms with E-state index < -0.39 is 17.8 Å². The van der Waals surface area contributed by atoms with Crippen LogP contribution in [0.3, 0.4) is 0 Å². The quantitative estimate of drug-likeness (QED) is 0.627. The lowest BCUT2D eigenvalue weighted by molar-refractivity contribution is -0.124. The fourth-order valence-electron chi connectivity index (χ4n) is 2.51. The standard InChI is InChI=1S/C20H29N3O6/c1-7-23(12-17(25)22-20(2,3)4)11-16(24)21-15-10-13(18(26)28-5)8-9-14(15)19(27)29-6/h8-10H,7,11-12H2,1-6H3,(H,21,24)(H,22,25). The highest BCUT2D eigenvalue weighted by atomic mass is 16.5. The molecule has 0 aliphatic carbocycles. The van der Waals surface area contributed by atoms with Gasteiger partial charge in [0, 0.05) is 5.54 Å². The van der Waals surface area contributed by atoms with Gasteiger partial charge in [-0.15, -0.1) is 0 Å². The molecule has 1 aromatic rings. The zero-order chi connectivity index (χ0) is 22.2. The molecule has 0 radical (unpaired) electrons. The normalized spacial score (nSPS) is 11.0. The highest BCUT2D eigenvalue weighted by Gasteiger charge is 2.20. The molecule has 0 spiro atoms. The Morgan fingerprint density at radius 1 is 0.966 bits per heavy atom. The lowest BCUT2D eigenvalue weighted by Crippen LogP contribution is -2.47. The fourth-order valence-corrected chi connectivity index (χ4v) is 2.51. The van der Waals surface area contributed by atoms with E-state index in [1.54, 1.807) is 4.90 Å². The van der Waals surface area contributed by atoms with E-state index in [-0.39, 0.29) is 41.3 Å². The van der Waals surface area contributed by atoms with Crippen LogP contribution in [0, 0.1) is 0 Å². The summed E-state index contributed by atoms with van der Waals surface area (Å²) >= 11 is 0. The number of rotatable bonds is 8. The fraction of sp³-hybridized carbons (Fsp3) is 0.500. The summed E-state index contributed by atoms with van der Waals surface area (Å²) in [7, 11) is 2.45. The van der Waals surface area contributed by atoms with Gasteiger partial charge in [-0.2, -0.15) is 0 Å². The maximum absolute atomic E-state index is 12.5. The number of hydrogen-bond donors (Lipinski definition) is 2. The zero-order valence-electron chi connectivity index (χ0n) is 17.8. The molecule has 2 N–H and O–H groups in total. The van der Waals surface area contributed by atoms with Crippen LogP contribution in [0.4, 0.5) is 5.69 Å². The van der Waals surface area contributed by atoms with Gasteiger partial charge in [0.25, 0.3) is 0 Å². The van der Waals surface area contributed by atoms with Gasteiger partial charge in [-0.05, 0) is 45.5 Å². The average Bonchev–Trinajstić information content (AvgIpc) is 2.64. The number of likely N-dealkylation sites (N-methyl/N-ethyl adjacent to an activating group) is 1. The Hall–Kier alpha value is -2.94. The van der Waals surface area contributed by atoms with E-state index in [0.717, 1.165) is 0 Å². The molecule has 160 valence electrons. The number of nitrogens with one attached hydrogen (secondary N) is 2. The van der Waals surface area contributed by atoms with E-state index in [1.165, 1.54) is 32.4 Å². The second kappa shape index (κ2) is 10.6. The molecule has 9 nitrogen and oxygen atoms in total. The summed E-state index contributed by atoms with van der Waals surface area (Å²) in [4.78, 5) is 50.0. The molecule has 0 fully saturated rings. The summed E-state index contributed by atoms with van der Waals surface area (Å²) < 4.78 is 9.38. The minimum atomic E-state index is -0.659. The molecule has 0 bridgehead atoms. The zero-order valence-corrected chi connectivity index (χ0v) is 17.8. The minimum absolute atomic E-state index is 0.0489. The van der Waals surface area contributed by atoms with Crippen molar-refractivity contribution in [2.45, 2.75) is 33.2 Å². The first-order valence-electron chi connectivity index (χ1n) is 9.14. The number of esters is 2. The van der Waals surface area contributed by atoms with Gasteiger partial charge in [0.15, 0.2) is 0 Å². The van der Waals surface area contributed by atoms with E-state index in [9.17, 15) is 19.2 Å². The van der Waals surface area contributed by atoms with Crippen molar-refractivity contribution in [2.24, 2.45) is 0 Å². The molecule has 9 heteroatoms. The number of carbonyl (C=O) groups excluding carboxylic acids is 4. The largest absolute Gasteiger partial charge is 0.465 e. The van der Waals surface area contributed by atoms with Gasteiger partial charge in [0.2, 0.25) is 11.8 Å². The van der Waals surface area contributed by atoms with E-state index in [2.05, 4.69) is 15.4 Å². The lowest BCUT2D eigenvalue weighted by Gasteiger charge is -2.24. The maximum atomic E-state index is 12.5. The van der Waals surface area contributed by atoms with Crippen molar-refractivity contribution in [2.75, 3.05) is 39.2 Å². The van der Waals surface area contributed by atoms with Crippen LogP contribution in [0.1, 0.15) is 48.4 Å². The van der Waals surface area contributed by atoms with Crippen LogP contribution >= 0.6 is 0 Å². The van der Waals surface area contributed by atoms with Crippen LogP contribution in [0.5, 0.6) is 0 Å². The molecule has 0 aliphatic heterocycles. The number of hydrogen-bond acceptors (Lipinski definition) is 7.